The summed E-state index contributed by atoms with van der Waals surface area (Å²) in [6, 6.07) is 14.0. The van der Waals surface area contributed by atoms with Crippen molar-refractivity contribution in [2.45, 2.75) is 11.6 Å². The minimum Gasteiger partial charge on any atom is -0.349 e. The van der Waals surface area contributed by atoms with Crippen molar-refractivity contribution in [1.82, 2.24) is 19.1 Å². The van der Waals surface area contributed by atoms with Gasteiger partial charge >= 0.3 is 0 Å². The number of carbonyl (C=O) groups excluding carboxylic acids is 1. The summed E-state index contributed by atoms with van der Waals surface area (Å²) in [7, 11) is -2.09. The van der Waals surface area contributed by atoms with Crippen LogP contribution in [0.3, 0.4) is 0 Å². The fourth-order valence-corrected chi connectivity index (χ4v) is 5.41. The van der Waals surface area contributed by atoms with Crippen molar-refractivity contribution in [1.29, 1.82) is 5.41 Å². The zero-order chi connectivity index (χ0) is 24.5. The largest absolute Gasteiger partial charge is 0.349 e. The van der Waals surface area contributed by atoms with Crippen LogP contribution in [0.2, 0.25) is 5.02 Å². The molecular weight excluding hydrogens is 474 g/mol. The second-order valence-corrected chi connectivity index (χ2v) is 10.5. The molecule has 176 valence electrons. The van der Waals surface area contributed by atoms with E-state index in [9.17, 15) is 13.2 Å². The summed E-state index contributed by atoms with van der Waals surface area (Å²) in [4.78, 5) is 19.0. The number of amides is 1. The predicted octanol–water partition coefficient (Wildman–Crippen LogP) is 2.74. The number of H-pyrrole nitrogens is 1. The maximum atomic E-state index is 13.1. The molecule has 34 heavy (non-hydrogen) atoms. The van der Waals surface area contributed by atoms with Gasteiger partial charge in [-0.2, -0.15) is 4.31 Å². The molecular formula is C24H24ClN5O3S. The SMILES string of the molecule is C#CCN(C)C(=N)c1ccc(CN2CCN(S(=O)(=O)c3cc4cc(Cl)ccc4[nH]3)CC2=O)cc1. The molecule has 1 aromatic heterocycles. The Morgan fingerprint density at radius 1 is 1.21 bits per heavy atom. The molecule has 0 spiro atoms. The smallest absolute Gasteiger partial charge is 0.259 e. The monoisotopic (exact) mass is 497 g/mol. The molecule has 0 atom stereocenters. The van der Waals surface area contributed by atoms with Gasteiger partial charge in [-0.05, 0) is 29.8 Å². The lowest BCUT2D eigenvalue weighted by atomic mass is 10.1. The summed E-state index contributed by atoms with van der Waals surface area (Å²) < 4.78 is 27.4. The molecule has 0 radical (unpaired) electrons. The average molecular weight is 498 g/mol. The zero-order valence-electron chi connectivity index (χ0n) is 18.6. The molecule has 10 heteroatoms. The van der Waals surface area contributed by atoms with Crippen LogP contribution in [0.4, 0.5) is 0 Å². The highest BCUT2D eigenvalue weighted by molar-refractivity contribution is 7.89. The lowest BCUT2D eigenvalue weighted by Crippen LogP contribution is -2.51. The number of sulfonamides is 1. The van der Waals surface area contributed by atoms with Gasteiger partial charge in [0.25, 0.3) is 10.0 Å². The number of aromatic amines is 1. The quantitative estimate of drug-likeness (QED) is 0.310. The van der Waals surface area contributed by atoms with Gasteiger partial charge in [-0.15, -0.1) is 6.42 Å². The summed E-state index contributed by atoms with van der Waals surface area (Å²) >= 11 is 6.00. The van der Waals surface area contributed by atoms with Gasteiger partial charge in [0.15, 0.2) is 0 Å². The lowest BCUT2D eigenvalue weighted by molar-refractivity contribution is -0.134. The zero-order valence-corrected chi connectivity index (χ0v) is 20.2. The molecule has 4 rings (SSSR count). The van der Waals surface area contributed by atoms with Crippen molar-refractivity contribution in [3.63, 3.8) is 0 Å². The Balaban J connectivity index is 1.41. The molecule has 2 N–H and O–H groups in total. The van der Waals surface area contributed by atoms with Crippen molar-refractivity contribution < 1.29 is 13.2 Å². The fourth-order valence-electron chi connectivity index (χ4n) is 3.84. The predicted molar refractivity (Wildman–Crippen MR) is 132 cm³/mol. The molecule has 1 aliphatic heterocycles. The molecule has 2 aromatic carbocycles. The van der Waals surface area contributed by atoms with E-state index < -0.39 is 10.0 Å². The third kappa shape index (κ3) is 4.80. The van der Waals surface area contributed by atoms with Gasteiger partial charge < -0.3 is 14.8 Å². The minimum atomic E-state index is -3.85. The van der Waals surface area contributed by atoms with Gasteiger partial charge in [-0.1, -0.05) is 41.8 Å². The fraction of sp³-hybridized carbons (Fsp3) is 0.250. The molecule has 0 saturated carbocycles. The number of amidine groups is 1. The number of halogens is 1. The molecule has 3 aromatic rings. The van der Waals surface area contributed by atoms with Gasteiger partial charge in [0, 0.05) is 48.2 Å². The maximum absolute atomic E-state index is 13.1. The Morgan fingerprint density at radius 3 is 2.62 bits per heavy atom. The van der Waals surface area contributed by atoms with Gasteiger partial charge in [0.1, 0.15) is 10.9 Å². The van der Waals surface area contributed by atoms with E-state index in [1.54, 1.807) is 35.0 Å². The van der Waals surface area contributed by atoms with Crippen LogP contribution in [-0.2, 0) is 21.4 Å². The normalized spacial score (nSPS) is 14.9. The van der Waals surface area contributed by atoms with Crippen LogP contribution in [-0.4, -0.2) is 72.5 Å². The number of piperazine rings is 1. The molecule has 2 heterocycles. The number of nitrogens with zero attached hydrogens (tertiary/aromatic N) is 3. The number of terminal acetylenes is 1. The third-order valence-electron chi connectivity index (χ3n) is 5.77. The maximum Gasteiger partial charge on any atom is 0.259 e. The van der Waals surface area contributed by atoms with E-state index in [1.807, 2.05) is 24.3 Å². The second kappa shape index (κ2) is 9.50. The first kappa shape index (κ1) is 23.8. The van der Waals surface area contributed by atoms with E-state index in [2.05, 4.69) is 10.9 Å². The first-order valence-electron chi connectivity index (χ1n) is 10.6. The summed E-state index contributed by atoms with van der Waals surface area (Å²) in [5.41, 5.74) is 2.28. The molecule has 1 saturated heterocycles. The highest BCUT2D eigenvalue weighted by atomic mass is 35.5. The molecule has 1 amide bonds. The van der Waals surface area contributed by atoms with Crippen LogP contribution in [0, 0.1) is 17.8 Å². The van der Waals surface area contributed by atoms with Crippen molar-refractivity contribution in [3.8, 4) is 12.3 Å². The van der Waals surface area contributed by atoms with Crippen LogP contribution in [0.15, 0.2) is 53.6 Å². The Morgan fingerprint density at radius 2 is 1.94 bits per heavy atom. The molecule has 1 aliphatic rings. The topological polar surface area (TPSA) is 101 Å². The van der Waals surface area contributed by atoms with Crippen LogP contribution < -0.4 is 0 Å². The Labute approximate surface area is 203 Å². The molecule has 1 fully saturated rings. The van der Waals surface area contributed by atoms with E-state index in [0.717, 1.165) is 11.1 Å². The Kier molecular flexibility index (Phi) is 6.66. The summed E-state index contributed by atoms with van der Waals surface area (Å²) in [5, 5.41) is 9.44. The molecule has 0 bridgehead atoms. The molecule has 0 aliphatic carbocycles. The van der Waals surface area contributed by atoms with E-state index in [4.69, 9.17) is 23.4 Å². The Bertz CT molecular complexity index is 1390. The van der Waals surface area contributed by atoms with Crippen molar-refractivity contribution in [2.75, 3.05) is 33.2 Å². The van der Waals surface area contributed by atoms with E-state index >= 15 is 0 Å². The highest BCUT2D eigenvalue weighted by Crippen LogP contribution is 2.25. The van der Waals surface area contributed by atoms with Crippen LogP contribution in [0.25, 0.3) is 10.9 Å². The first-order valence-corrected chi connectivity index (χ1v) is 12.4. The van der Waals surface area contributed by atoms with Crippen molar-refractivity contribution in [3.05, 3.63) is 64.7 Å². The number of benzene rings is 2. The highest BCUT2D eigenvalue weighted by Gasteiger charge is 2.33. The lowest BCUT2D eigenvalue weighted by Gasteiger charge is -2.33. The second-order valence-electron chi connectivity index (χ2n) is 8.12. The number of nitrogens with one attached hydrogen (secondary N) is 2. The number of aromatic nitrogens is 1. The van der Waals surface area contributed by atoms with Crippen LogP contribution in [0.5, 0.6) is 0 Å². The summed E-state index contributed by atoms with van der Waals surface area (Å²) in [6.45, 7) is 0.967. The van der Waals surface area contributed by atoms with Gasteiger partial charge in [0.2, 0.25) is 5.91 Å². The number of carbonyl (C=O) groups is 1. The van der Waals surface area contributed by atoms with E-state index in [-0.39, 0.29) is 30.6 Å². The van der Waals surface area contributed by atoms with E-state index in [0.29, 0.717) is 34.9 Å². The van der Waals surface area contributed by atoms with Crippen LogP contribution >= 0.6 is 11.6 Å². The van der Waals surface area contributed by atoms with Crippen LogP contribution in [0.1, 0.15) is 11.1 Å². The number of hydrogen-bond acceptors (Lipinski definition) is 4. The summed E-state index contributed by atoms with van der Waals surface area (Å²) in [6.07, 6.45) is 5.31. The molecule has 0 unspecified atom stereocenters. The number of rotatable bonds is 6. The van der Waals surface area contributed by atoms with Crippen molar-refractivity contribution >= 4 is 44.3 Å². The minimum absolute atomic E-state index is 0.0406. The molecule has 8 nitrogen and oxygen atoms in total. The van der Waals surface area contributed by atoms with Gasteiger partial charge in [-0.3, -0.25) is 10.2 Å². The summed E-state index contributed by atoms with van der Waals surface area (Å²) in [5.74, 6) is 2.56. The number of hydrogen-bond donors (Lipinski definition) is 2. The average Bonchev–Trinajstić information content (AvgIpc) is 3.24. The van der Waals surface area contributed by atoms with Gasteiger partial charge in [0.05, 0.1) is 13.1 Å². The van der Waals surface area contributed by atoms with Crippen molar-refractivity contribution in [2.24, 2.45) is 0 Å². The van der Waals surface area contributed by atoms with E-state index in [1.165, 1.54) is 10.4 Å². The first-order chi connectivity index (χ1) is 16.2. The Hall–Kier alpha value is -3.32. The number of fused-ring (bicyclic) bond motifs is 1. The standard InChI is InChI=1S/C24H24ClN5O3S/c1-3-10-28(2)24(26)18-6-4-17(5-7-18)15-29-11-12-30(16-23(29)31)34(32,33)22-14-19-13-20(25)8-9-21(19)27-22/h1,4-9,13-14,26-27H,10-12,15-16H2,2H3. The third-order valence-corrected chi connectivity index (χ3v) is 7.77. The van der Waals surface area contributed by atoms with Gasteiger partial charge in [-0.25, -0.2) is 8.42 Å².